The van der Waals surface area contributed by atoms with Crippen molar-refractivity contribution in [2.75, 3.05) is 73.0 Å². The Morgan fingerprint density at radius 2 is 1.64 bits per heavy atom. The topological polar surface area (TPSA) is 126 Å². The predicted molar refractivity (Wildman–Crippen MR) is 229 cm³/mol. The van der Waals surface area contributed by atoms with E-state index in [4.69, 9.17) is 16.1 Å². The first-order chi connectivity index (χ1) is 27.1. The Morgan fingerprint density at radius 1 is 0.893 bits per heavy atom. The highest BCUT2D eigenvalue weighted by Gasteiger charge is 2.23. The van der Waals surface area contributed by atoms with Crippen LogP contribution in [0.5, 0.6) is 0 Å². The molecule has 0 aliphatic carbocycles. The second-order valence-corrected chi connectivity index (χ2v) is 17.3. The standard InChI is InChI=1S/C42H46ClN7O4S2/c1-48(2)21-20-33(29-55-35-9-4-3-5-10-35)44-39-19-17-36(27-40(39)45-51)56(52,53)47-42-38-18-16-34(26-41(38)54-46-42)50-24-22-49(23-25-50)28-31-8-6-7-11-37(31)30-12-14-32(43)15-13-30/h3-19,26-27,33,44-45,51H,20-25,28-29H2,1-2H3,(H,46,47)/t33-/m1/s1. The lowest BCUT2D eigenvalue weighted by atomic mass is 9.99. The number of benzene rings is 5. The third-order valence-electron chi connectivity index (χ3n) is 9.89. The zero-order valence-electron chi connectivity index (χ0n) is 31.4. The van der Waals surface area contributed by atoms with Gasteiger partial charge in [0, 0.05) is 66.2 Å². The van der Waals surface area contributed by atoms with Crippen molar-refractivity contribution < 1.29 is 18.1 Å². The van der Waals surface area contributed by atoms with E-state index in [1.807, 2.05) is 62.6 Å². The second kappa shape index (κ2) is 18.0. The van der Waals surface area contributed by atoms with Crippen molar-refractivity contribution in [2.24, 2.45) is 0 Å². The van der Waals surface area contributed by atoms with Gasteiger partial charge in [-0.2, -0.15) is 0 Å². The van der Waals surface area contributed by atoms with Gasteiger partial charge in [-0.15, -0.1) is 11.8 Å². The molecule has 0 unspecified atom stereocenters. The molecule has 5 aromatic carbocycles. The Labute approximate surface area is 337 Å². The molecule has 0 bridgehead atoms. The van der Waals surface area contributed by atoms with Crippen LogP contribution in [0.4, 0.5) is 22.9 Å². The van der Waals surface area contributed by atoms with E-state index in [1.165, 1.54) is 23.3 Å². The monoisotopic (exact) mass is 811 g/mol. The minimum Gasteiger partial charge on any atom is -0.380 e. The van der Waals surface area contributed by atoms with E-state index >= 15 is 0 Å². The fourth-order valence-electron chi connectivity index (χ4n) is 6.81. The number of anilines is 4. The number of aromatic nitrogens is 1. The Hall–Kier alpha value is -4.76. The first-order valence-corrected chi connectivity index (χ1v) is 21.4. The molecule has 0 amide bonds. The molecule has 1 aliphatic heterocycles. The van der Waals surface area contributed by atoms with Crippen LogP contribution in [0.15, 0.2) is 130 Å². The van der Waals surface area contributed by atoms with Crippen molar-refractivity contribution in [2.45, 2.75) is 28.8 Å². The van der Waals surface area contributed by atoms with E-state index in [0.717, 1.165) is 72.6 Å². The van der Waals surface area contributed by atoms with Crippen molar-refractivity contribution in [3.8, 4) is 11.1 Å². The van der Waals surface area contributed by atoms with Gasteiger partial charge in [0.25, 0.3) is 10.0 Å². The van der Waals surface area contributed by atoms with Crippen LogP contribution in [0.3, 0.4) is 0 Å². The molecular formula is C42H46ClN7O4S2. The van der Waals surface area contributed by atoms with Gasteiger partial charge in [0.2, 0.25) is 0 Å². The summed E-state index contributed by atoms with van der Waals surface area (Å²) in [5.41, 5.74) is 8.12. The van der Waals surface area contributed by atoms with Crippen molar-refractivity contribution >= 4 is 67.2 Å². The lowest BCUT2D eigenvalue weighted by Gasteiger charge is -2.36. The Kier molecular flexibility index (Phi) is 12.7. The molecule has 1 fully saturated rings. The Morgan fingerprint density at radius 3 is 2.39 bits per heavy atom. The zero-order valence-corrected chi connectivity index (χ0v) is 33.7. The van der Waals surface area contributed by atoms with Crippen LogP contribution in [-0.4, -0.2) is 87.2 Å². The van der Waals surface area contributed by atoms with E-state index in [2.05, 4.69) is 83.9 Å². The minimum atomic E-state index is -4.09. The van der Waals surface area contributed by atoms with Gasteiger partial charge in [-0.25, -0.2) is 8.42 Å². The van der Waals surface area contributed by atoms with Gasteiger partial charge in [-0.05, 0) is 98.3 Å². The van der Waals surface area contributed by atoms with Crippen molar-refractivity contribution in [1.82, 2.24) is 15.0 Å². The number of rotatable bonds is 16. The van der Waals surface area contributed by atoms with Crippen molar-refractivity contribution in [1.29, 1.82) is 0 Å². The van der Waals surface area contributed by atoms with Crippen LogP contribution in [-0.2, 0) is 16.6 Å². The van der Waals surface area contributed by atoms with E-state index in [0.29, 0.717) is 16.7 Å². The van der Waals surface area contributed by atoms with Crippen molar-refractivity contribution in [3.63, 3.8) is 0 Å². The van der Waals surface area contributed by atoms with Crippen LogP contribution >= 0.6 is 23.4 Å². The summed E-state index contributed by atoms with van der Waals surface area (Å²) in [5.74, 6) is 0.876. The highest BCUT2D eigenvalue weighted by molar-refractivity contribution is 7.99. The highest BCUT2D eigenvalue weighted by Crippen LogP contribution is 2.33. The molecule has 1 aromatic heterocycles. The molecule has 1 aliphatic rings. The minimum absolute atomic E-state index is 0.0375. The number of sulfonamides is 1. The predicted octanol–water partition coefficient (Wildman–Crippen LogP) is 8.60. The first kappa shape index (κ1) is 39.5. The maximum absolute atomic E-state index is 13.6. The number of piperazine rings is 1. The van der Waals surface area contributed by atoms with Crippen molar-refractivity contribution in [3.05, 3.63) is 126 Å². The SMILES string of the molecule is CN(C)CC[C@H](CSc1ccccc1)Nc1ccc(S(=O)(=O)Nc2noc3cc(N4CCN(Cc5ccccc5-c5ccc(Cl)cc5)CC4)ccc23)cc1NO. The third kappa shape index (κ3) is 9.78. The summed E-state index contributed by atoms with van der Waals surface area (Å²) in [6.45, 7) is 5.13. The quantitative estimate of drug-likeness (QED) is 0.0555. The lowest BCUT2D eigenvalue weighted by molar-refractivity contribution is 0.250. The summed E-state index contributed by atoms with van der Waals surface area (Å²) in [6, 6.07) is 37.0. The normalized spacial score (nSPS) is 14.3. The summed E-state index contributed by atoms with van der Waals surface area (Å²) in [4.78, 5) is 8.01. The molecule has 7 rings (SSSR count). The van der Waals surface area contributed by atoms with Gasteiger partial charge in [0.1, 0.15) is 0 Å². The van der Waals surface area contributed by atoms with Gasteiger partial charge in [0.05, 0.1) is 21.7 Å². The van der Waals surface area contributed by atoms with E-state index in [9.17, 15) is 13.6 Å². The number of hydrogen-bond donors (Lipinski definition) is 4. The number of halogens is 1. The molecule has 1 saturated heterocycles. The molecule has 2 heterocycles. The molecule has 292 valence electrons. The lowest BCUT2D eigenvalue weighted by Crippen LogP contribution is -2.46. The molecule has 6 aromatic rings. The average Bonchev–Trinajstić information content (AvgIpc) is 3.61. The molecule has 11 nitrogen and oxygen atoms in total. The third-order valence-corrected chi connectivity index (χ3v) is 12.7. The highest BCUT2D eigenvalue weighted by atomic mass is 35.5. The second-order valence-electron chi connectivity index (χ2n) is 14.1. The van der Waals surface area contributed by atoms with Crippen LogP contribution in [0.2, 0.25) is 5.02 Å². The van der Waals surface area contributed by atoms with Crippen LogP contribution in [0, 0.1) is 0 Å². The summed E-state index contributed by atoms with van der Waals surface area (Å²) < 4.78 is 35.5. The first-order valence-electron chi connectivity index (χ1n) is 18.5. The Balaban J connectivity index is 0.987. The van der Waals surface area contributed by atoms with Crippen LogP contribution in [0.1, 0.15) is 12.0 Å². The number of hydrogen-bond acceptors (Lipinski definition) is 11. The van der Waals surface area contributed by atoms with Gasteiger partial charge in [-0.3, -0.25) is 20.3 Å². The van der Waals surface area contributed by atoms with Gasteiger partial charge < -0.3 is 19.6 Å². The summed E-state index contributed by atoms with van der Waals surface area (Å²) in [5, 5.41) is 18.9. The zero-order chi connectivity index (χ0) is 39.1. The fourth-order valence-corrected chi connectivity index (χ4v) is 8.97. The molecule has 0 saturated carbocycles. The van der Waals surface area contributed by atoms with E-state index in [1.54, 1.807) is 17.8 Å². The average molecular weight is 812 g/mol. The van der Waals surface area contributed by atoms with E-state index < -0.39 is 10.0 Å². The van der Waals surface area contributed by atoms with Crippen LogP contribution < -0.4 is 20.4 Å². The van der Waals surface area contributed by atoms with Gasteiger partial charge >= 0.3 is 0 Å². The summed E-state index contributed by atoms with van der Waals surface area (Å²) in [7, 11) is -0.0341. The number of nitrogens with one attached hydrogen (secondary N) is 3. The molecule has 0 radical (unpaired) electrons. The molecular weight excluding hydrogens is 766 g/mol. The van der Waals surface area contributed by atoms with Gasteiger partial charge in [0.15, 0.2) is 11.4 Å². The smallest absolute Gasteiger partial charge is 0.263 e. The number of fused-ring (bicyclic) bond motifs is 1. The fraction of sp³-hybridized carbons (Fsp3) is 0.262. The Bertz CT molecular complexity index is 2340. The maximum Gasteiger partial charge on any atom is 0.263 e. The van der Waals surface area contributed by atoms with E-state index in [-0.39, 0.29) is 22.4 Å². The molecule has 0 spiro atoms. The maximum atomic E-state index is 13.6. The molecule has 56 heavy (non-hydrogen) atoms. The van der Waals surface area contributed by atoms with Gasteiger partial charge in [-0.1, -0.05) is 71.4 Å². The van der Waals surface area contributed by atoms with Crippen LogP contribution in [0.25, 0.3) is 22.1 Å². The molecule has 1 atom stereocenters. The molecule has 14 heteroatoms. The molecule has 4 N–H and O–H groups in total. The summed E-state index contributed by atoms with van der Waals surface area (Å²) in [6.07, 6.45) is 0.845. The number of thioether (sulfide) groups is 1. The summed E-state index contributed by atoms with van der Waals surface area (Å²) >= 11 is 7.88. The largest absolute Gasteiger partial charge is 0.380 e. The number of nitrogens with zero attached hydrogens (tertiary/aromatic N) is 4.